The first-order chi connectivity index (χ1) is 27.9. The molecule has 1 aliphatic rings. The number of anilines is 2. The molecule has 0 bridgehead atoms. The van der Waals surface area contributed by atoms with Gasteiger partial charge in [-0.15, -0.1) is 0 Å². The van der Waals surface area contributed by atoms with E-state index in [1.807, 2.05) is 60.7 Å². The fraction of sp³-hybridized carbons (Fsp3) is 0.511. The standard InChI is InChI=1S/C47H64N4O6/c1-3-5-6-7-8-9-10-11-12-13-14-15-16-17-18-26-35-57-41-32-25-23-30-39(41)48-43(52)42(44(53)49-34-33-38-29-22-24-31-40(38)49)51-45(54)46(56-4-2)50(47(51)55)36-37-27-20-19-21-28-37/h19-25,27-32,42,54H,3-18,26,33-36H2,1-2H3,(H,48,52). The summed E-state index contributed by atoms with van der Waals surface area (Å²) in [5, 5.41) is 14.5. The first-order valence-corrected chi connectivity index (χ1v) is 21.6. The number of aromatic hydroxyl groups is 1. The van der Waals surface area contributed by atoms with Gasteiger partial charge in [-0.1, -0.05) is 164 Å². The van der Waals surface area contributed by atoms with Crippen LogP contribution in [0.1, 0.15) is 134 Å². The molecule has 2 amide bonds. The molecule has 2 N–H and O–H groups in total. The molecule has 308 valence electrons. The molecular weight excluding hydrogens is 717 g/mol. The van der Waals surface area contributed by atoms with Gasteiger partial charge < -0.3 is 24.8 Å². The second-order valence-corrected chi connectivity index (χ2v) is 15.2. The van der Waals surface area contributed by atoms with Gasteiger partial charge in [0.05, 0.1) is 25.4 Å². The van der Waals surface area contributed by atoms with Gasteiger partial charge in [0.15, 0.2) is 6.04 Å². The Morgan fingerprint density at radius 2 is 1.30 bits per heavy atom. The highest BCUT2D eigenvalue weighted by atomic mass is 16.5. The van der Waals surface area contributed by atoms with Crippen molar-refractivity contribution in [3.63, 3.8) is 0 Å². The van der Waals surface area contributed by atoms with E-state index >= 15 is 0 Å². The normalized spacial score (nSPS) is 12.7. The van der Waals surface area contributed by atoms with Crippen LogP contribution < -0.4 is 25.4 Å². The number of rotatable bonds is 26. The molecule has 5 rings (SSSR count). The van der Waals surface area contributed by atoms with Crippen LogP contribution >= 0.6 is 0 Å². The number of amides is 2. The largest absolute Gasteiger partial charge is 0.491 e. The number of benzene rings is 3. The summed E-state index contributed by atoms with van der Waals surface area (Å²) in [6.45, 7) is 5.05. The summed E-state index contributed by atoms with van der Waals surface area (Å²) in [5.41, 5.74) is 2.05. The van der Waals surface area contributed by atoms with Crippen molar-refractivity contribution in [2.24, 2.45) is 0 Å². The highest BCUT2D eigenvalue weighted by Crippen LogP contribution is 2.35. The number of hydrogen-bond acceptors (Lipinski definition) is 6. The predicted molar refractivity (Wildman–Crippen MR) is 229 cm³/mol. The van der Waals surface area contributed by atoms with Gasteiger partial charge in [0.2, 0.25) is 0 Å². The SMILES string of the molecule is CCCCCCCCCCCCCCCCCCOc1ccccc1NC(=O)C(C(=O)N1CCc2ccccc21)n1c(O)c(OCC)n(Cc2ccccc2)c1=O. The number of unbranched alkanes of at least 4 members (excludes halogenated alkanes) is 15. The Morgan fingerprint density at radius 3 is 1.95 bits per heavy atom. The van der Waals surface area contributed by atoms with Crippen LogP contribution in [-0.4, -0.2) is 45.8 Å². The van der Waals surface area contributed by atoms with Crippen LogP contribution in [0.5, 0.6) is 17.5 Å². The number of carbonyl (C=O) groups is 2. The number of aromatic nitrogens is 2. The Labute approximate surface area is 339 Å². The molecule has 0 saturated heterocycles. The average Bonchev–Trinajstić information content (AvgIpc) is 3.75. The number of hydrogen-bond donors (Lipinski definition) is 2. The number of ether oxygens (including phenoxy) is 2. The molecule has 0 saturated carbocycles. The lowest BCUT2D eigenvalue weighted by atomic mass is 10.0. The van der Waals surface area contributed by atoms with Gasteiger partial charge >= 0.3 is 5.69 Å². The smallest absolute Gasteiger partial charge is 0.335 e. The second-order valence-electron chi connectivity index (χ2n) is 15.2. The highest BCUT2D eigenvalue weighted by molar-refractivity contribution is 6.14. The molecule has 1 unspecified atom stereocenters. The summed E-state index contributed by atoms with van der Waals surface area (Å²) in [6.07, 6.45) is 21.2. The predicted octanol–water partition coefficient (Wildman–Crippen LogP) is 10.2. The maximum absolute atomic E-state index is 14.5. The fourth-order valence-corrected chi connectivity index (χ4v) is 7.73. The highest BCUT2D eigenvalue weighted by Gasteiger charge is 2.40. The lowest BCUT2D eigenvalue weighted by Crippen LogP contribution is -2.45. The third-order valence-corrected chi connectivity index (χ3v) is 10.9. The van der Waals surface area contributed by atoms with E-state index in [9.17, 15) is 19.5 Å². The summed E-state index contributed by atoms with van der Waals surface area (Å²) in [4.78, 5) is 44.7. The summed E-state index contributed by atoms with van der Waals surface area (Å²) in [5.74, 6) is -1.65. The van der Waals surface area contributed by atoms with E-state index < -0.39 is 29.4 Å². The lowest BCUT2D eigenvalue weighted by Gasteiger charge is -2.24. The van der Waals surface area contributed by atoms with Crippen molar-refractivity contribution in [2.45, 2.75) is 136 Å². The molecule has 1 aliphatic heterocycles. The van der Waals surface area contributed by atoms with E-state index in [-0.39, 0.29) is 19.0 Å². The van der Waals surface area contributed by atoms with Crippen molar-refractivity contribution in [3.05, 3.63) is 100 Å². The van der Waals surface area contributed by atoms with Crippen molar-refractivity contribution < 1.29 is 24.2 Å². The minimum absolute atomic E-state index is 0.0701. The van der Waals surface area contributed by atoms with Gasteiger partial charge in [-0.25, -0.2) is 9.36 Å². The molecule has 2 heterocycles. The van der Waals surface area contributed by atoms with Gasteiger partial charge in [0.25, 0.3) is 23.6 Å². The van der Waals surface area contributed by atoms with Crippen LogP contribution in [0.3, 0.4) is 0 Å². The Kier molecular flexibility index (Phi) is 17.6. The van der Waals surface area contributed by atoms with Crippen LogP contribution in [-0.2, 0) is 22.6 Å². The molecule has 1 aromatic heterocycles. The third-order valence-electron chi connectivity index (χ3n) is 10.9. The van der Waals surface area contributed by atoms with E-state index in [1.165, 1.54) is 92.9 Å². The molecule has 0 aliphatic carbocycles. The van der Waals surface area contributed by atoms with Gasteiger partial charge in [0, 0.05) is 12.2 Å². The van der Waals surface area contributed by atoms with E-state index in [2.05, 4.69) is 12.2 Å². The van der Waals surface area contributed by atoms with Crippen LogP contribution in [0.15, 0.2) is 83.7 Å². The molecule has 1 atom stereocenters. The number of carbonyl (C=O) groups excluding carboxylic acids is 2. The zero-order chi connectivity index (χ0) is 40.2. The number of nitrogens with one attached hydrogen (secondary N) is 1. The molecular formula is C47H64N4O6. The van der Waals surface area contributed by atoms with Gasteiger partial charge in [-0.2, -0.15) is 0 Å². The number of fused-ring (bicyclic) bond motifs is 1. The van der Waals surface area contributed by atoms with E-state index in [4.69, 9.17) is 9.47 Å². The maximum Gasteiger partial charge on any atom is 0.335 e. The molecule has 0 fully saturated rings. The Hall–Kier alpha value is -4.99. The first kappa shape index (κ1) is 43.1. The Balaban J connectivity index is 1.20. The summed E-state index contributed by atoms with van der Waals surface area (Å²) in [7, 11) is 0. The summed E-state index contributed by atoms with van der Waals surface area (Å²) in [6, 6.07) is 22.1. The molecule has 0 spiro atoms. The topological polar surface area (TPSA) is 115 Å². The second kappa shape index (κ2) is 23.3. The molecule has 57 heavy (non-hydrogen) atoms. The minimum atomic E-state index is -1.74. The van der Waals surface area contributed by atoms with Crippen molar-refractivity contribution in [1.82, 2.24) is 9.13 Å². The zero-order valence-electron chi connectivity index (χ0n) is 34.3. The van der Waals surface area contributed by atoms with Crippen LogP contribution in [0.25, 0.3) is 0 Å². The Morgan fingerprint density at radius 1 is 0.719 bits per heavy atom. The van der Waals surface area contributed by atoms with Crippen molar-refractivity contribution >= 4 is 23.2 Å². The third kappa shape index (κ3) is 12.3. The van der Waals surface area contributed by atoms with Gasteiger partial charge in [0.1, 0.15) is 5.75 Å². The number of nitrogens with zero attached hydrogens (tertiary/aromatic N) is 3. The first-order valence-electron chi connectivity index (χ1n) is 21.6. The quantitative estimate of drug-likeness (QED) is 0.0484. The summed E-state index contributed by atoms with van der Waals surface area (Å²) >= 11 is 0. The molecule has 4 aromatic rings. The fourth-order valence-electron chi connectivity index (χ4n) is 7.73. The monoisotopic (exact) mass is 780 g/mol. The van der Waals surface area contributed by atoms with Crippen molar-refractivity contribution in [3.8, 4) is 17.5 Å². The minimum Gasteiger partial charge on any atom is -0.491 e. The molecule has 10 heteroatoms. The molecule has 3 aromatic carbocycles. The van der Waals surface area contributed by atoms with E-state index in [0.717, 1.165) is 35.0 Å². The average molecular weight is 781 g/mol. The van der Waals surface area contributed by atoms with E-state index in [1.54, 1.807) is 25.1 Å². The zero-order valence-corrected chi connectivity index (χ0v) is 34.3. The number of imidazole rings is 1. The van der Waals surface area contributed by atoms with Crippen LogP contribution in [0.2, 0.25) is 0 Å². The van der Waals surface area contributed by atoms with Crippen molar-refractivity contribution in [2.75, 3.05) is 30.0 Å². The van der Waals surface area contributed by atoms with Crippen LogP contribution in [0, 0.1) is 0 Å². The molecule has 0 radical (unpaired) electrons. The van der Waals surface area contributed by atoms with Crippen LogP contribution in [0.4, 0.5) is 11.4 Å². The van der Waals surface area contributed by atoms with Crippen molar-refractivity contribution in [1.29, 1.82) is 0 Å². The van der Waals surface area contributed by atoms with Gasteiger partial charge in [-0.3, -0.25) is 14.2 Å². The number of para-hydroxylation sites is 3. The Bertz CT molecular complexity index is 1890. The maximum atomic E-state index is 14.5. The van der Waals surface area contributed by atoms with E-state index in [0.29, 0.717) is 36.7 Å². The summed E-state index contributed by atoms with van der Waals surface area (Å²) < 4.78 is 14.0. The molecule has 10 nitrogen and oxygen atoms in total. The van der Waals surface area contributed by atoms with Gasteiger partial charge in [-0.05, 0) is 49.1 Å². The lowest BCUT2D eigenvalue weighted by molar-refractivity contribution is -0.130.